The summed E-state index contributed by atoms with van der Waals surface area (Å²) in [6, 6.07) is 8.28. The Kier molecular flexibility index (Phi) is 7.36. The second-order valence-corrected chi connectivity index (χ2v) is 9.13. The number of rotatable bonds is 7. The molecule has 4 rings (SSSR count). The zero-order valence-corrected chi connectivity index (χ0v) is 19.7. The fourth-order valence-corrected chi connectivity index (χ4v) is 4.67. The summed E-state index contributed by atoms with van der Waals surface area (Å²) in [5.41, 5.74) is -0.121. The summed E-state index contributed by atoms with van der Waals surface area (Å²) in [5, 5.41) is 2.60. The molecule has 1 N–H and O–H groups in total. The highest BCUT2D eigenvalue weighted by molar-refractivity contribution is 7.98. The van der Waals surface area contributed by atoms with Crippen molar-refractivity contribution in [3.8, 4) is 0 Å². The van der Waals surface area contributed by atoms with E-state index in [4.69, 9.17) is 4.74 Å². The maximum atomic E-state index is 13.5. The van der Waals surface area contributed by atoms with Gasteiger partial charge in [0.2, 0.25) is 5.91 Å². The van der Waals surface area contributed by atoms with E-state index in [0.717, 1.165) is 17.0 Å². The average Bonchev–Trinajstić information content (AvgIpc) is 3.10. The number of carbonyl (C=O) groups is 3. The lowest BCUT2D eigenvalue weighted by Crippen LogP contribution is -2.47. The van der Waals surface area contributed by atoms with E-state index < -0.39 is 35.5 Å². The number of amides is 3. The van der Waals surface area contributed by atoms with Crippen LogP contribution in [0.25, 0.3) is 0 Å². The van der Waals surface area contributed by atoms with E-state index in [9.17, 15) is 27.6 Å². The van der Waals surface area contributed by atoms with Gasteiger partial charge in [-0.15, -0.1) is 0 Å². The van der Waals surface area contributed by atoms with E-state index in [0.29, 0.717) is 37.7 Å². The van der Waals surface area contributed by atoms with Crippen molar-refractivity contribution in [1.82, 2.24) is 4.90 Å². The Morgan fingerprint density at radius 2 is 1.71 bits per heavy atom. The molecule has 2 aromatic carbocycles. The summed E-state index contributed by atoms with van der Waals surface area (Å²) in [6.45, 7) is 1.70. The predicted molar refractivity (Wildman–Crippen MR) is 127 cm³/mol. The highest BCUT2D eigenvalue weighted by Crippen LogP contribution is 2.36. The fraction of sp³-hybridized carbons (Fsp3) is 0.375. The Morgan fingerprint density at radius 3 is 2.29 bits per heavy atom. The second-order valence-electron chi connectivity index (χ2n) is 8.14. The number of ether oxygens (including phenoxy) is 1. The Labute approximate surface area is 204 Å². The van der Waals surface area contributed by atoms with Crippen molar-refractivity contribution in [3.63, 3.8) is 0 Å². The first-order chi connectivity index (χ1) is 16.7. The van der Waals surface area contributed by atoms with Gasteiger partial charge < -0.3 is 15.0 Å². The number of carbonyl (C=O) groups excluding carboxylic acids is 3. The van der Waals surface area contributed by atoms with E-state index >= 15 is 0 Å². The summed E-state index contributed by atoms with van der Waals surface area (Å²) in [5.74, 6) is -1.44. The number of hydrogen-bond acceptors (Lipinski definition) is 6. The third kappa shape index (κ3) is 5.15. The largest absolute Gasteiger partial charge is 0.416 e. The normalized spacial score (nSPS) is 16.9. The molecule has 0 aliphatic carbocycles. The van der Waals surface area contributed by atoms with Gasteiger partial charge in [0.1, 0.15) is 6.04 Å². The molecule has 2 aromatic rings. The Morgan fingerprint density at radius 1 is 1.09 bits per heavy atom. The lowest BCUT2D eigenvalue weighted by Gasteiger charge is -2.32. The van der Waals surface area contributed by atoms with Crippen LogP contribution in [0.3, 0.4) is 0 Å². The number of thioether (sulfide) groups is 1. The van der Waals surface area contributed by atoms with Gasteiger partial charge in [0.15, 0.2) is 0 Å². The van der Waals surface area contributed by atoms with Gasteiger partial charge in [0.05, 0.1) is 41.3 Å². The maximum Gasteiger partial charge on any atom is 0.416 e. The molecule has 11 heteroatoms. The second kappa shape index (κ2) is 10.3. The number of hydrogen-bond donors (Lipinski definition) is 1. The minimum absolute atomic E-state index is 0.0301. The molecule has 0 radical (unpaired) electrons. The van der Waals surface area contributed by atoms with Crippen LogP contribution < -0.4 is 10.2 Å². The molecule has 0 aromatic heterocycles. The van der Waals surface area contributed by atoms with Crippen LogP contribution in [-0.2, 0) is 15.7 Å². The topological polar surface area (TPSA) is 79.0 Å². The van der Waals surface area contributed by atoms with Crippen molar-refractivity contribution in [2.24, 2.45) is 0 Å². The number of halogens is 3. The first kappa shape index (κ1) is 25.1. The molecule has 2 heterocycles. The van der Waals surface area contributed by atoms with Gasteiger partial charge in [-0.2, -0.15) is 24.9 Å². The van der Waals surface area contributed by atoms with Gasteiger partial charge in [-0.1, -0.05) is 12.1 Å². The van der Waals surface area contributed by atoms with Gasteiger partial charge in [0, 0.05) is 13.1 Å². The van der Waals surface area contributed by atoms with Gasteiger partial charge >= 0.3 is 6.18 Å². The Bertz CT molecular complexity index is 1100. The minimum atomic E-state index is -4.61. The lowest BCUT2D eigenvalue weighted by atomic mass is 10.1. The Balaban J connectivity index is 1.67. The number of morpholine rings is 1. The molecule has 186 valence electrons. The number of benzene rings is 2. The van der Waals surface area contributed by atoms with E-state index in [-0.39, 0.29) is 23.2 Å². The number of alkyl halides is 3. The van der Waals surface area contributed by atoms with Crippen LogP contribution in [0.15, 0.2) is 42.5 Å². The first-order valence-corrected chi connectivity index (χ1v) is 12.4. The molecule has 3 amide bonds. The number of fused-ring (bicyclic) bond motifs is 1. The first-order valence-electron chi connectivity index (χ1n) is 11.0. The highest BCUT2D eigenvalue weighted by atomic mass is 32.2. The van der Waals surface area contributed by atoms with Crippen molar-refractivity contribution >= 4 is 40.9 Å². The third-order valence-electron chi connectivity index (χ3n) is 5.97. The van der Waals surface area contributed by atoms with Crippen LogP contribution in [0.4, 0.5) is 24.5 Å². The van der Waals surface area contributed by atoms with Crippen LogP contribution in [0.1, 0.15) is 32.7 Å². The molecule has 0 saturated carbocycles. The van der Waals surface area contributed by atoms with Crippen molar-refractivity contribution in [1.29, 1.82) is 0 Å². The number of imide groups is 1. The molecule has 0 spiro atoms. The lowest BCUT2D eigenvalue weighted by molar-refractivity contribution is -0.137. The van der Waals surface area contributed by atoms with Gasteiger partial charge in [0.25, 0.3) is 11.8 Å². The van der Waals surface area contributed by atoms with Crippen molar-refractivity contribution in [2.75, 3.05) is 48.5 Å². The molecule has 0 bridgehead atoms. The summed E-state index contributed by atoms with van der Waals surface area (Å²) in [7, 11) is 0. The van der Waals surface area contributed by atoms with E-state index in [1.807, 2.05) is 11.2 Å². The third-order valence-corrected chi connectivity index (χ3v) is 6.61. The van der Waals surface area contributed by atoms with Gasteiger partial charge in [-0.3, -0.25) is 19.3 Å². The molecule has 7 nitrogen and oxygen atoms in total. The molecule has 1 atom stereocenters. The zero-order chi connectivity index (χ0) is 25.2. The summed E-state index contributed by atoms with van der Waals surface area (Å²) in [4.78, 5) is 42.2. The minimum Gasteiger partial charge on any atom is -0.378 e. The van der Waals surface area contributed by atoms with Crippen molar-refractivity contribution in [3.05, 3.63) is 59.2 Å². The molecule has 0 unspecified atom stereocenters. The Hall–Kier alpha value is -3.05. The average molecular weight is 508 g/mol. The zero-order valence-electron chi connectivity index (χ0n) is 18.9. The monoisotopic (exact) mass is 507 g/mol. The fourth-order valence-electron chi connectivity index (χ4n) is 4.21. The molecule has 1 saturated heterocycles. The van der Waals surface area contributed by atoms with Crippen LogP contribution in [-0.4, -0.2) is 67.0 Å². The van der Waals surface area contributed by atoms with Gasteiger partial charge in [-0.05, 0) is 48.8 Å². The highest BCUT2D eigenvalue weighted by Gasteiger charge is 2.42. The number of nitrogens with zero attached hydrogens (tertiary/aromatic N) is 2. The van der Waals surface area contributed by atoms with Gasteiger partial charge in [-0.25, -0.2) is 0 Å². The molecule has 2 aliphatic rings. The molecule has 2 aliphatic heterocycles. The van der Waals surface area contributed by atoms with Crippen molar-refractivity contribution < 1.29 is 32.3 Å². The van der Waals surface area contributed by atoms with E-state index in [1.54, 1.807) is 12.1 Å². The van der Waals surface area contributed by atoms with Crippen molar-refractivity contribution in [2.45, 2.75) is 18.6 Å². The van der Waals surface area contributed by atoms with Crippen LogP contribution >= 0.6 is 11.8 Å². The molecule has 35 heavy (non-hydrogen) atoms. The predicted octanol–water partition coefficient (Wildman–Crippen LogP) is 3.90. The quantitative estimate of drug-likeness (QED) is 0.573. The summed E-state index contributed by atoms with van der Waals surface area (Å²) in [6.07, 6.45) is -2.63. The molecular formula is C24H24F3N3O4S. The molecular weight excluding hydrogens is 483 g/mol. The van der Waals surface area contributed by atoms with Crippen LogP contribution in [0, 0.1) is 0 Å². The summed E-state index contributed by atoms with van der Waals surface area (Å²) < 4.78 is 45.7. The number of anilines is 2. The maximum absolute atomic E-state index is 13.5. The standard InChI is InChI=1S/C24H24F3N3O4S/c1-35-13-8-20(30-22(32)16-4-2-3-5-17(16)23(30)33)21(31)28-18-14-15(24(25,26)27)6-7-19(18)29-9-11-34-12-10-29/h2-7,14,20H,8-13H2,1H3,(H,28,31)/t20-/m1/s1. The SMILES string of the molecule is CSCC[C@H](C(=O)Nc1cc(C(F)(F)F)ccc1N1CCOCC1)N1C(=O)c2ccccc2C1=O. The molecule has 1 fully saturated rings. The smallest absolute Gasteiger partial charge is 0.378 e. The number of nitrogens with one attached hydrogen (secondary N) is 1. The van der Waals surface area contributed by atoms with Crippen LogP contribution in [0.2, 0.25) is 0 Å². The van der Waals surface area contributed by atoms with Crippen LogP contribution in [0.5, 0.6) is 0 Å². The van der Waals surface area contributed by atoms with E-state index in [1.165, 1.54) is 30.0 Å². The summed E-state index contributed by atoms with van der Waals surface area (Å²) >= 11 is 1.43. The van der Waals surface area contributed by atoms with E-state index in [2.05, 4.69) is 5.32 Å².